The Hall–Kier alpha value is -3.35. The molecule has 0 saturated carbocycles. The zero-order valence-electron chi connectivity index (χ0n) is 18.2. The van der Waals surface area contributed by atoms with E-state index in [9.17, 15) is 14.7 Å². The maximum atomic E-state index is 12.6. The SMILES string of the molecule is CC(C)(C)c1ccc(O)c(/C=c2\[nH]c(=O)/c(=C/c3nc[nH]c3C(C)(C)C)[nH]c2=O)c1. The molecular weight excluding hydrogens is 380 g/mol. The highest BCUT2D eigenvalue weighted by Gasteiger charge is 2.19. The Morgan fingerprint density at radius 3 is 2.07 bits per heavy atom. The molecule has 0 aliphatic carbocycles. The summed E-state index contributed by atoms with van der Waals surface area (Å²) in [7, 11) is 0. The molecule has 0 saturated heterocycles. The highest BCUT2D eigenvalue weighted by Crippen LogP contribution is 2.27. The number of hydrogen-bond donors (Lipinski definition) is 4. The summed E-state index contributed by atoms with van der Waals surface area (Å²) in [5, 5.41) is 10.4. The van der Waals surface area contributed by atoms with E-state index in [2.05, 4.69) is 40.7 Å². The second kappa shape index (κ2) is 7.48. The fraction of sp³-hybridized carbons (Fsp3) is 0.348. The van der Waals surface area contributed by atoms with Gasteiger partial charge in [0, 0.05) is 16.7 Å². The van der Waals surface area contributed by atoms with Crippen LogP contribution in [0.3, 0.4) is 0 Å². The molecular formula is C23H28N4O3. The van der Waals surface area contributed by atoms with Gasteiger partial charge in [-0.2, -0.15) is 0 Å². The van der Waals surface area contributed by atoms with Crippen molar-refractivity contribution in [2.75, 3.05) is 0 Å². The van der Waals surface area contributed by atoms with E-state index in [0.29, 0.717) is 11.3 Å². The van der Waals surface area contributed by atoms with Crippen LogP contribution in [0.25, 0.3) is 12.2 Å². The molecule has 0 aliphatic rings. The number of H-pyrrole nitrogens is 3. The first-order chi connectivity index (χ1) is 13.9. The summed E-state index contributed by atoms with van der Waals surface area (Å²) in [6, 6.07) is 5.24. The van der Waals surface area contributed by atoms with Crippen molar-refractivity contribution in [3.05, 3.63) is 78.4 Å². The average molecular weight is 409 g/mol. The molecule has 0 amide bonds. The molecule has 7 heteroatoms. The molecule has 0 aliphatic heterocycles. The van der Waals surface area contributed by atoms with E-state index in [4.69, 9.17) is 0 Å². The summed E-state index contributed by atoms with van der Waals surface area (Å²) < 4.78 is 0. The normalized spacial score (nSPS) is 13.8. The predicted molar refractivity (Wildman–Crippen MR) is 118 cm³/mol. The molecule has 0 radical (unpaired) electrons. The summed E-state index contributed by atoms with van der Waals surface area (Å²) in [5.41, 5.74) is 1.69. The van der Waals surface area contributed by atoms with Crippen LogP contribution in [0.4, 0.5) is 0 Å². The van der Waals surface area contributed by atoms with Crippen molar-refractivity contribution in [1.82, 2.24) is 19.9 Å². The van der Waals surface area contributed by atoms with E-state index in [0.717, 1.165) is 11.3 Å². The first-order valence-corrected chi connectivity index (χ1v) is 9.80. The van der Waals surface area contributed by atoms with Gasteiger partial charge in [0.1, 0.15) is 16.4 Å². The molecule has 0 unspecified atom stereocenters. The summed E-state index contributed by atoms with van der Waals surface area (Å²) in [6.07, 6.45) is 4.59. The van der Waals surface area contributed by atoms with E-state index >= 15 is 0 Å². The zero-order chi connectivity index (χ0) is 22.3. The average Bonchev–Trinajstić information content (AvgIpc) is 3.08. The number of aromatic nitrogens is 4. The molecule has 2 aromatic heterocycles. The molecule has 0 atom stereocenters. The maximum Gasteiger partial charge on any atom is 0.272 e. The van der Waals surface area contributed by atoms with Crippen LogP contribution in [0.1, 0.15) is 64.1 Å². The molecule has 1 aromatic carbocycles. The van der Waals surface area contributed by atoms with Gasteiger partial charge in [0.25, 0.3) is 11.1 Å². The predicted octanol–water partition coefficient (Wildman–Crippen LogP) is 1.74. The Labute approximate surface area is 174 Å². The van der Waals surface area contributed by atoms with Gasteiger partial charge >= 0.3 is 0 Å². The van der Waals surface area contributed by atoms with Crippen LogP contribution in [0, 0.1) is 0 Å². The quantitative estimate of drug-likeness (QED) is 0.517. The molecule has 7 nitrogen and oxygen atoms in total. The number of phenols is 1. The standard InChI is InChI=1S/C23H28N4O3/c1-22(2,3)14-7-8-18(28)13(9-14)10-16-20(29)27-17(21(30)26-16)11-15-19(23(4,5)6)25-12-24-15/h7-12,28H,1-6H3,(H,24,25)(H,26,30)(H,27,29)/b16-10-,17-11-. The van der Waals surface area contributed by atoms with Crippen molar-refractivity contribution in [1.29, 1.82) is 0 Å². The van der Waals surface area contributed by atoms with Crippen LogP contribution >= 0.6 is 0 Å². The Morgan fingerprint density at radius 1 is 0.900 bits per heavy atom. The minimum absolute atomic E-state index is 0.0326. The van der Waals surface area contributed by atoms with Crippen molar-refractivity contribution < 1.29 is 5.11 Å². The van der Waals surface area contributed by atoms with Gasteiger partial charge in [-0.05, 0) is 35.3 Å². The molecule has 158 valence electrons. The summed E-state index contributed by atoms with van der Waals surface area (Å²) >= 11 is 0. The van der Waals surface area contributed by atoms with Gasteiger partial charge in [-0.3, -0.25) is 9.59 Å². The van der Waals surface area contributed by atoms with Crippen molar-refractivity contribution in [2.24, 2.45) is 0 Å². The van der Waals surface area contributed by atoms with Crippen molar-refractivity contribution in [3.63, 3.8) is 0 Å². The number of benzene rings is 1. The number of aromatic amines is 3. The monoisotopic (exact) mass is 408 g/mol. The number of nitrogens with zero attached hydrogens (tertiary/aromatic N) is 1. The lowest BCUT2D eigenvalue weighted by atomic mass is 9.86. The third-order valence-corrected chi connectivity index (χ3v) is 4.88. The maximum absolute atomic E-state index is 12.6. The molecule has 30 heavy (non-hydrogen) atoms. The number of hydrogen-bond acceptors (Lipinski definition) is 4. The Bertz CT molecular complexity index is 1310. The Kier molecular flexibility index (Phi) is 5.33. The number of rotatable bonds is 2. The largest absolute Gasteiger partial charge is 0.507 e. The molecule has 2 heterocycles. The lowest BCUT2D eigenvalue weighted by Crippen LogP contribution is -2.46. The molecule has 3 rings (SSSR count). The molecule has 0 fully saturated rings. The lowest BCUT2D eigenvalue weighted by Gasteiger charge is -2.19. The van der Waals surface area contributed by atoms with E-state index in [1.165, 1.54) is 6.08 Å². The van der Waals surface area contributed by atoms with Crippen molar-refractivity contribution >= 4 is 12.2 Å². The fourth-order valence-corrected chi connectivity index (χ4v) is 3.14. The highest BCUT2D eigenvalue weighted by atomic mass is 16.3. The van der Waals surface area contributed by atoms with Gasteiger partial charge in [-0.25, -0.2) is 4.98 Å². The van der Waals surface area contributed by atoms with Gasteiger partial charge in [0.2, 0.25) is 0 Å². The molecule has 4 N–H and O–H groups in total. The summed E-state index contributed by atoms with van der Waals surface area (Å²) in [4.78, 5) is 37.8. The van der Waals surface area contributed by atoms with Crippen LogP contribution < -0.4 is 21.8 Å². The van der Waals surface area contributed by atoms with Gasteiger partial charge in [-0.1, -0.05) is 47.6 Å². The van der Waals surface area contributed by atoms with E-state index in [1.54, 1.807) is 18.5 Å². The lowest BCUT2D eigenvalue weighted by molar-refractivity contribution is 0.472. The van der Waals surface area contributed by atoms with Crippen LogP contribution in [-0.4, -0.2) is 25.0 Å². The number of nitrogens with one attached hydrogen (secondary N) is 3. The minimum atomic E-state index is -0.464. The highest BCUT2D eigenvalue weighted by molar-refractivity contribution is 5.57. The van der Waals surface area contributed by atoms with Gasteiger partial charge in [0.15, 0.2) is 0 Å². The van der Waals surface area contributed by atoms with Crippen LogP contribution in [0.15, 0.2) is 34.1 Å². The van der Waals surface area contributed by atoms with Crippen LogP contribution in [0.2, 0.25) is 0 Å². The first-order valence-electron chi connectivity index (χ1n) is 9.80. The second-order valence-electron chi connectivity index (χ2n) is 9.46. The third kappa shape index (κ3) is 4.45. The summed E-state index contributed by atoms with van der Waals surface area (Å²) in [6.45, 7) is 12.3. The Balaban J connectivity index is 2.15. The van der Waals surface area contributed by atoms with Crippen LogP contribution in [-0.2, 0) is 10.8 Å². The third-order valence-electron chi connectivity index (χ3n) is 4.88. The van der Waals surface area contributed by atoms with Crippen molar-refractivity contribution in [3.8, 4) is 5.75 Å². The smallest absolute Gasteiger partial charge is 0.272 e. The number of imidazole rings is 1. The number of aromatic hydroxyl groups is 1. The molecule has 3 aromatic rings. The zero-order valence-corrected chi connectivity index (χ0v) is 18.2. The van der Waals surface area contributed by atoms with Gasteiger partial charge < -0.3 is 20.1 Å². The molecule has 0 spiro atoms. The fourth-order valence-electron chi connectivity index (χ4n) is 3.14. The second-order valence-corrected chi connectivity index (χ2v) is 9.46. The van der Waals surface area contributed by atoms with Gasteiger partial charge in [0.05, 0.1) is 12.0 Å². The van der Waals surface area contributed by atoms with E-state index in [1.807, 2.05) is 32.9 Å². The topological polar surface area (TPSA) is 115 Å². The summed E-state index contributed by atoms with van der Waals surface area (Å²) in [5.74, 6) is 0.0326. The molecule has 0 bridgehead atoms. The van der Waals surface area contributed by atoms with E-state index < -0.39 is 11.1 Å². The first kappa shape index (κ1) is 21.4. The number of phenolic OH excluding ortho intramolecular Hbond substituents is 1. The Morgan fingerprint density at radius 2 is 1.50 bits per heavy atom. The van der Waals surface area contributed by atoms with Crippen LogP contribution in [0.5, 0.6) is 5.75 Å². The van der Waals surface area contributed by atoms with Gasteiger partial charge in [-0.15, -0.1) is 0 Å². The minimum Gasteiger partial charge on any atom is -0.507 e. The van der Waals surface area contributed by atoms with E-state index in [-0.39, 0.29) is 27.3 Å². The van der Waals surface area contributed by atoms with Crippen molar-refractivity contribution in [2.45, 2.75) is 52.4 Å².